The lowest BCUT2D eigenvalue weighted by Gasteiger charge is -2.33. The zero-order chi connectivity index (χ0) is 20.9. The van der Waals surface area contributed by atoms with Gasteiger partial charge in [0.2, 0.25) is 5.91 Å². The van der Waals surface area contributed by atoms with Crippen LogP contribution in [0.15, 0.2) is 47.5 Å². The van der Waals surface area contributed by atoms with Crippen molar-refractivity contribution in [1.29, 1.82) is 0 Å². The van der Waals surface area contributed by atoms with E-state index in [9.17, 15) is 9.18 Å². The summed E-state index contributed by atoms with van der Waals surface area (Å²) in [6.45, 7) is 5.65. The van der Waals surface area contributed by atoms with E-state index in [1.54, 1.807) is 12.3 Å². The fourth-order valence-electron chi connectivity index (χ4n) is 4.24. The van der Waals surface area contributed by atoms with Crippen LogP contribution in [-0.2, 0) is 4.79 Å². The zero-order valence-electron chi connectivity index (χ0n) is 17.4. The molecule has 0 aromatic heterocycles. The normalized spacial score (nSPS) is 21.6. The molecule has 1 saturated heterocycles. The number of amides is 1. The van der Waals surface area contributed by atoms with E-state index in [2.05, 4.69) is 27.4 Å². The van der Waals surface area contributed by atoms with Crippen LogP contribution in [0.2, 0.25) is 0 Å². The van der Waals surface area contributed by atoms with E-state index >= 15 is 0 Å². The van der Waals surface area contributed by atoms with Crippen molar-refractivity contribution in [3.63, 3.8) is 0 Å². The number of halogens is 1. The van der Waals surface area contributed by atoms with Gasteiger partial charge in [0.1, 0.15) is 11.7 Å². The van der Waals surface area contributed by atoms with Crippen LogP contribution in [0.1, 0.15) is 44.1 Å². The standard InChI is InChI=1S/C24H29FN4O/c1-17-5-2-3-13-29(17)14-4-12-26-19-7-9-20(10-8-19)27-16-22-21-11-6-18(25)15-23(21)28-24(22)30/h6-11,15-17,22,26H,2-5,12-14H2,1H3,(H,28,30). The summed E-state index contributed by atoms with van der Waals surface area (Å²) in [5, 5.41) is 6.18. The molecule has 0 spiro atoms. The lowest BCUT2D eigenvalue weighted by Crippen LogP contribution is -2.38. The smallest absolute Gasteiger partial charge is 0.237 e. The predicted octanol–water partition coefficient (Wildman–Crippen LogP) is 4.94. The van der Waals surface area contributed by atoms with Gasteiger partial charge in [-0.3, -0.25) is 9.79 Å². The number of benzene rings is 2. The first-order chi connectivity index (χ1) is 14.6. The van der Waals surface area contributed by atoms with E-state index in [0.717, 1.165) is 36.4 Å². The van der Waals surface area contributed by atoms with Gasteiger partial charge < -0.3 is 15.5 Å². The summed E-state index contributed by atoms with van der Waals surface area (Å²) in [5.41, 5.74) is 3.13. The molecule has 0 aliphatic carbocycles. The van der Waals surface area contributed by atoms with Gasteiger partial charge in [-0.15, -0.1) is 0 Å². The van der Waals surface area contributed by atoms with Crippen LogP contribution in [0.25, 0.3) is 0 Å². The van der Waals surface area contributed by atoms with Crippen LogP contribution in [0, 0.1) is 5.82 Å². The van der Waals surface area contributed by atoms with Crippen LogP contribution in [0.3, 0.4) is 0 Å². The topological polar surface area (TPSA) is 56.7 Å². The van der Waals surface area contributed by atoms with Gasteiger partial charge in [-0.25, -0.2) is 4.39 Å². The minimum atomic E-state index is -0.490. The zero-order valence-corrected chi connectivity index (χ0v) is 17.4. The van der Waals surface area contributed by atoms with Crippen molar-refractivity contribution in [3.05, 3.63) is 53.8 Å². The second-order valence-corrected chi connectivity index (χ2v) is 8.18. The van der Waals surface area contributed by atoms with Crippen molar-refractivity contribution < 1.29 is 9.18 Å². The van der Waals surface area contributed by atoms with Gasteiger partial charge in [0, 0.05) is 36.7 Å². The largest absolute Gasteiger partial charge is 0.385 e. The maximum absolute atomic E-state index is 13.3. The molecule has 1 amide bonds. The molecule has 5 nitrogen and oxygen atoms in total. The third kappa shape index (κ3) is 4.87. The molecular weight excluding hydrogens is 379 g/mol. The Hall–Kier alpha value is -2.73. The number of fused-ring (bicyclic) bond motifs is 1. The van der Waals surface area contributed by atoms with Crippen LogP contribution < -0.4 is 10.6 Å². The number of carbonyl (C=O) groups excluding carboxylic acids is 1. The van der Waals surface area contributed by atoms with Gasteiger partial charge in [-0.05, 0) is 74.7 Å². The van der Waals surface area contributed by atoms with Gasteiger partial charge in [0.25, 0.3) is 0 Å². The van der Waals surface area contributed by atoms with Crippen molar-refractivity contribution in [2.75, 3.05) is 30.3 Å². The highest BCUT2D eigenvalue weighted by molar-refractivity contribution is 6.12. The molecule has 4 rings (SSSR count). The molecule has 2 atom stereocenters. The third-order valence-electron chi connectivity index (χ3n) is 6.02. The van der Waals surface area contributed by atoms with Gasteiger partial charge in [0.05, 0.1) is 5.69 Å². The van der Waals surface area contributed by atoms with Crippen molar-refractivity contribution >= 4 is 29.2 Å². The Morgan fingerprint density at radius 2 is 2.07 bits per heavy atom. The molecule has 0 radical (unpaired) electrons. The van der Waals surface area contributed by atoms with Crippen LogP contribution in [-0.4, -0.2) is 42.7 Å². The number of aliphatic imine (C=N–C) groups is 1. The molecule has 0 saturated carbocycles. The average molecular weight is 409 g/mol. The van der Waals surface area contributed by atoms with Gasteiger partial charge in [0.15, 0.2) is 0 Å². The summed E-state index contributed by atoms with van der Waals surface area (Å²) in [7, 11) is 0. The Kier molecular flexibility index (Phi) is 6.43. The lowest BCUT2D eigenvalue weighted by atomic mass is 10.0. The molecule has 2 aliphatic rings. The molecule has 6 heteroatoms. The van der Waals surface area contributed by atoms with Crippen molar-refractivity contribution in [3.8, 4) is 0 Å². The molecule has 2 aromatic carbocycles. The van der Waals surface area contributed by atoms with Crippen molar-refractivity contribution in [1.82, 2.24) is 4.90 Å². The molecule has 2 aliphatic heterocycles. The second kappa shape index (κ2) is 9.39. The fraction of sp³-hybridized carbons (Fsp3) is 0.417. The minimum absolute atomic E-state index is 0.180. The molecule has 2 aromatic rings. The maximum atomic E-state index is 13.3. The van der Waals surface area contributed by atoms with Crippen molar-refractivity contribution in [2.24, 2.45) is 4.99 Å². The molecule has 2 unspecified atom stereocenters. The van der Waals surface area contributed by atoms with Crippen molar-refractivity contribution in [2.45, 2.75) is 44.6 Å². The molecular formula is C24H29FN4O. The summed E-state index contributed by atoms with van der Waals surface area (Å²) < 4.78 is 13.3. The van der Waals surface area contributed by atoms with Gasteiger partial charge >= 0.3 is 0 Å². The highest BCUT2D eigenvalue weighted by atomic mass is 19.1. The van der Waals surface area contributed by atoms with Gasteiger partial charge in [-0.2, -0.15) is 0 Å². The number of anilines is 2. The highest BCUT2D eigenvalue weighted by Gasteiger charge is 2.29. The number of nitrogens with zero attached hydrogens (tertiary/aromatic N) is 2. The average Bonchev–Trinajstić information content (AvgIpc) is 3.05. The molecule has 1 fully saturated rings. The first kappa shape index (κ1) is 20.5. The molecule has 158 valence electrons. The Bertz CT molecular complexity index is 912. The van der Waals surface area contributed by atoms with Gasteiger partial charge in [-0.1, -0.05) is 12.5 Å². The first-order valence-corrected chi connectivity index (χ1v) is 10.8. The summed E-state index contributed by atoms with van der Waals surface area (Å²) >= 11 is 0. The number of nitrogens with one attached hydrogen (secondary N) is 2. The summed E-state index contributed by atoms with van der Waals surface area (Å²) in [6, 6.07) is 12.9. The quantitative estimate of drug-likeness (QED) is 0.504. The van der Waals surface area contributed by atoms with Crippen LogP contribution >= 0.6 is 0 Å². The number of piperidine rings is 1. The Morgan fingerprint density at radius 1 is 1.23 bits per heavy atom. The predicted molar refractivity (Wildman–Crippen MR) is 120 cm³/mol. The summed E-state index contributed by atoms with van der Waals surface area (Å²) in [4.78, 5) is 19.2. The SMILES string of the molecule is CC1CCCCN1CCCNc1ccc(N=CC2C(=O)Nc3cc(F)ccc32)cc1. The molecule has 0 bridgehead atoms. The number of rotatable bonds is 7. The van der Waals surface area contributed by atoms with Crippen LogP contribution in [0.5, 0.6) is 0 Å². The second-order valence-electron chi connectivity index (χ2n) is 8.18. The van der Waals surface area contributed by atoms with Crippen LogP contribution in [0.4, 0.5) is 21.5 Å². The maximum Gasteiger partial charge on any atom is 0.237 e. The highest BCUT2D eigenvalue weighted by Crippen LogP contribution is 2.32. The Labute approximate surface area is 177 Å². The van der Waals surface area contributed by atoms with E-state index in [1.807, 2.05) is 24.3 Å². The number of carbonyl (C=O) groups is 1. The van der Waals surface area contributed by atoms with E-state index in [1.165, 1.54) is 37.9 Å². The Balaban J connectivity index is 1.27. The van der Waals surface area contributed by atoms with E-state index in [0.29, 0.717) is 11.7 Å². The van der Waals surface area contributed by atoms with E-state index in [-0.39, 0.29) is 11.7 Å². The number of hydrogen-bond donors (Lipinski definition) is 2. The summed E-state index contributed by atoms with van der Waals surface area (Å²) in [6.07, 6.45) is 6.76. The molecule has 2 N–H and O–H groups in total. The first-order valence-electron chi connectivity index (χ1n) is 10.8. The van der Waals surface area contributed by atoms with E-state index < -0.39 is 5.92 Å². The fourth-order valence-corrected chi connectivity index (χ4v) is 4.24. The third-order valence-corrected chi connectivity index (χ3v) is 6.02. The number of likely N-dealkylation sites (tertiary alicyclic amines) is 1. The minimum Gasteiger partial charge on any atom is -0.385 e. The van der Waals surface area contributed by atoms with E-state index in [4.69, 9.17) is 0 Å². The lowest BCUT2D eigenvalue weighted by molar-refractivity contribution is -0.115. The Morgan fingerprint density at radius 3 is 2.87 bits per heavy atom. The molecule has 2 heterocycles. The summed E-state index contributed by atoms with van der Waals surface area (Å²) in [5.74, 6) is -1.03. The number of hydrogen-bond acceptors (Lipinski definition) is 4. The molecule has 30 heavy (non-hydrogen) atoms. The monoisotopic (exact) mass is 408 g/mol.